The Balaban J connectivity index is 2.45. The van der Waals surface area contributed by atoms with E-state index in [-0.39, 0.29) is 11.7 Å². The minimum atomic E-state index is -0.0855. The number of nitrogens with one attached hydrogen (secondary N) is 1. The van der Waals surface area contributed by atoms with Crippen LogP contribution in [0.4, 0.5) is 5.69 Å². The van der Waals surface area contributed by atoms with E-state index < -0.39 is 0 Å². The van der Waals surface area contributed by atoms with Gasteiger partial charge in [0.25, 0.3) is 0 Å². The Hall–Kier alpha value is -2.08. The molecule has 1 aromatic rings. The van der Waals surface area contributed by atoms with Crippen LogP contribution in [0.15, 0.2) is 29.4 Å². The van der Waals surface area contributed by atoms with Crippen LogP contribution in [-0.4, -0.2) is 30.2 Å². The van der Waals surface area contributed by atoms with Crippen LogP contribution < -0.4 is 11.1 Å². The summed E-state index contributed by atoms with van der Waals surface area (Å²) in [7, 11) is 0. The Morgan fingerprint density at radius 1 is 1.42 bits per heavy atom. The summed E-state index contributed by atoms with van der Waals surface area (Å²) in [6, 6.07) is 7.18. The Kier molecular flexibility index (Phi) is 6.38. The van der Waals surface area contributed by atoms with Crippen molar-refractivity contribution in [3.8, 4) is 0 Å². The minimum absolute atomic E-state index is 0.0855. The second-order valence-electron chi connectivity index (χ2n) is 3.96. The first-order valence-corrected chi connectivity index (χ1v) is 6.08. The molecule has 0 aromatic heterocycles. The third kappa shape index (κ3) is 5.87. The van der Waals surface area contributed by atoms with Gasteiger partial charge in [0.15, 0.2) is 0 Å². The number of anilines is 1. The summed E-state index contributed by atoms with van der Waals surface area (Å²) in [5.41, 5.74) is 7.03. The van der Waals surface area contributed by atoms with Gasteiger partial charge in [-0.05, 0) is 24.6 Å². The normalized spacial score (nSPS) is 11.3. The van der Waals surface area contributed by atoms with Gasteiger partial charge in [0.05, 0.1) is 13.0 Å². The van der Waals surface area contributed by atoms with Crippen LogP contribution in [-0.2, 0) is 16.0 Å². The molecule has 1 aromatic carbocycles. The van der Waals surface area contributed by atoms with E-state index in [4.69, 9.17) is 15.7 Å². The highest BCUT2D eigenvalue weighted by Gasteiger charge is 2.03. The Bertz CT molecular complexity index is 429. The fraction of sp³-hybridized carbons (Fsp3) is 0.385. The van der Waals surface area contributed by atoms with Crippen molar-refractivity contribution in [3.63, 3.8) is 0 Å². The first-order chi connectivity index (χ1) is 9.15. The molecule has 0 saturated heterocycles. The number of amides is 1. The van der Waals surface area contributed by atoms with Crippen molar-refractivity contribution in [3.05, 3.63) is 29.8 Å². The molecule has 1 rings (SSSR count). The SMILES string of the molecule is CCOCCC(=O)Nc1ccc(C/C(N)=N/O)cc1. The van der Waals surface area contributed by atoms with Crippen molar-refractivity contribution < 1.29 is 14.7 Å². The molecule has 0 saturated carbocycles. The molecule has 0 bridgehead atoms. The molecule has 0 unspecified atom stereocenters. The summed E-state index contributed by atoms with van der Waals surface area (Å²) in [5, 5.41) is 14.1. The van der Waals surface area contributed by atoms with Crippen molar-refractivity contribution in [1.82, 2.24) is 0 Å². The van der Waals surface area contributed by atoms with E-state index in [1.165, 1.54) is 0 Å². The molecule has 0 heterocycles. The highest BCUT2D eigenvalue weighted by Crippen LogP contribution is 2.10. The predicted molar refractivity (Wildman–Crippen MR) is 73.3 cm³/mol. The number of ether oxygens (including phenoxy) is 1. The number of carbonyl (C=O) groups is 1. The lowest BCUT2D eigenvalue weighted by atomic mass is 10.1. The van der Waals surface area contributed by atoms with Crippen LogP contribution in [0.3, 0.4) is 0 Å². The molecule has 0 spiro atoms. The van der Waals surface area contributed by atoms with Gasteiger partial charge in [-0.1, -0.05) is 17.3 Å². The fourth-order valence-corrected chi connectivity index (χ4v) is 1.48. The van der Waals surface area contributed by atoms with Gasteiger partial charge in [0, 0.05) is 18.7 Å². The minimum Gasteiger partial charge on any atom is -0.409 e. The molecule has 104 valence electrons. The molecular weight excluding hydrogens is 246 g/mol. The first-order valence-electron chi connectivity index (χ1n) is 6.08. The number of hydrogen-bond donors (Lipinski definition) is 3. The average molecular weight is 265 g/mol. The predicted octanol–water partition coefficient (Wildman–Crippen LogP) is 1.34. The molecule has 0 aliphatic carbocycles. The maximum atomic E-state index is 11.5. The molecule has 0 atom stereocenters. The zero-order chi connectivity index (χ0) is 14.1. The zero-order valence-corrected chi connectivity index (χ0v) is 10.9. The van der Waals surface area contributed by atoms with Gasteiger partial charge < -0.3 is 21.0 Å². The maximum Gasteiger partial charge on any atom is 0.226 e. The van der Waals surface area contributed by atoms with Gasteiger partial charge in [0.1, 0.15) is 5.84 Å². The van der Waals surface area contributed by atoms with Crippen LogP contribution in [0.5, 0.6) is 0 Å². The number of benzene rings is 1. The molecule has 6 heteroatoms. The monoisotopic (exact) mass is 265 g/mol. The van der Waals surface area contributed by atoms with Crippen LogP contribution >= 0.6 is 0 Å². The van der Waals surface area contributed by atoms with Gasteiger partial charge in [-0.25, -0.2) is 0 Å². The van der Waals surface area contributed by atoms with E-state index in [1.54, 1.807) is 12.1 Å². The van der Waals surface area contributed by atoms with E-state index in [0.29, 0.717) is 31.7 Å². The highest BCUT2D eigenvalue weighted by molar-refractivity contribution is 5.90. The van der Waals surface area contributed by atoms with Crippen molar-refractivity contribution >= 4 is 17.4 Å². The van der Waals surface area contributed by atoms with Crippen LogP contribution in [0, 0.1) is 0 Å². The van der Waals surface area contributed by atoms with Crippen molar-refractivity contribution in [2.45, 2.75) is 19.8 Å². The standard InChI is InChI=1S/C13H19N3O3/c1-2-19-8-7-13(17)15-11-5-3-10(4-6-11)9-12(14)16-18/h3-6,18H,2,7-9H2,1H3,(H2,14,16)(H,15,17). The highest BCUT2D eigenvalue weighted by atomic mass is 16.5. The fourth-order valence-electron chi connectivity index (χ4n) is 1.48. The maximum absolute atomic E-state index is 11.5. The van der Waals surface area contributed by atoms with E-state index >= 15 is 0 Å². The summed E-state index contributed by atoms with van der Waals surface area (Å²) in [4.78, 5) is 11.5. The Morgan fingerprint density at radius 3 is 2.68 bits per heavy atom. The molecule has 0 aliphatic rings. The van der Waals surface area contributed by atoms with Crippen LogP contribution in [0.2, 0.25) is 0 Å². The first kappa shape index (κ1) is 15.0. The number of nitrogens with zero attached hydrogens (tertiary/aromatic N) is 1. The molecule has 19 heavy (non-hydrogen) atoms. The quantitative estimate of drug-likeness (QED) is 0.228. The van der Waals surface area contributed by atoms with Crippen LogP contribution in [0.25, 0.3) is 0 Å². The smallest absolute Gasteiger partial charge is 0.226 e. The van der Waals surface area contributed by atoms with Gasteiger partial charge in [-0.3, -0.25) is 4.79 Å². The van der Waals surface area contributed by atoms with Crippen molar-refractivity contribution in [2.24, 2.45) is 10.9 Å². The lowest BCUT2D eigenvalue weighted by Crippen LogP contribution is -2.15. The molecule has 6 nitrogen and oxygen atoms in total. The Morgan fingerprint density at radius 2 is 2.11 bits per heavy atom. The number of rotatable bonds is 7. The van der Waals surface area contributed by atoms with E-state index in [1.807, 2.05) is 19.1 Å². The van der Waals surface area contributed by atoms with Gasteiger partial charge in [-0.2, -0.15) is 0 Å². The molecule has 0 fully saturated rings. The van der Waals surface area contributed by atoms with Gasteiger partial charge in [-0.15, -0.1) is 0 Å². The molecule has 0 aliphatic heterocycles. The van der Waals surface area contributed by atoms with Crippen LogP contribution in [0.1, 0.15) is 18.9 Å². The summed E-state index contributed by atoms with van der Waals surface area (Å²) >= 11 is 0. The zero-order valence-electron chi connectivity index (χ0n) is 10.9. The molecule has 4 N–H and O–H groups in total. The lowest BCUT2D eigenvalue weighted by molar-refractivity contribution is -0.117. The second-order valence-corrected chi connectivity index (χ2v) is 3.96. The summed E-state index contributed by atoms with van der Waals surface area (Å²) in [6.45, 7) is 2.91. The molecular formula is C13H19N3O3. The van der Waals surface area contributed by atoms with Gasteiger partial charge in [0.2, 0.25) is 5.91 Å². The summed E-state index contributed by atoms with van der Waals surface area (Å²) in [5.74, 6) is 0.0612. The number of nitrogens with two attached hydrogens (primary N) is 1. The molecule has 0 radical (unpaired) electrons. The topological polar surface area (TPSA) is 96.9 Å². The average Bonchev–Trinajstić information content (AvgIpc) is 2.41. The number of oxime groups is 1. The van der Waals surface area contributed by atoms with Gasteiger partial charge >= 0.3 is 0 Å². The number of carbonyl (C=O) groups excluding carboxylic acids is 1. The van der Waals surface area contributed by atoms with E-state index in [2.05, 4.69) is 10.5 Å². The third-order valence-electron chi connectivity index (χ3n) is 2.43. The largest absolute Gasteiger partial charge is 0.409 e. The lowest BCUT2D eigenvalue weighted by Gasteiger charge is -2.06. The number of hydrogen-bond acceptors (Lipinski definition) is 4. The summed E-state index contributed by atoms with van der Waals surface area (Å²) < 4.78 is 5.11. The third-order valence-corrected chi connectivity index (χ3v) is 2.43. The second kappa shape index (κ2) is 8.10. The number of amidine groups is 1. The van der Waals surface area contributed by atoms with Crippen molar-refractivity contribution in [2.75, 3.05) is 18.5 Å². The summed E-state index contributed by atoms with van der Waals surface area (Å²) in [6.07, 6.45) is 0.703. The Labute approximate surface area is 112 Å². The van der Waals surface area contributed by atoms with Crippen molar-refractivity contribution in [1.29, 1.82) is 0 Å². The van der Waals surface area contributed by atoms with E-state index in [0.717, 1.165) is 5.56 Å². The molecule has 1 amide bonds. The van der Waals surface area contributed by atoms with E-state index in [9.17, 15) is 4.79 Å².